The number of para-hydroxylation sites is 2. The van der Waals surface area contributed by atoms with Crippen molar-refractivity contribution in [2.24, 2.45) is 19.1 Å². The summed E-state index contributed by atoms with van der Waals surface area (Å²) in [4.78, 5) is 39.7. The van der Waals surface area contributed by atoms with Crippen molar-refractivity contribution >= 4 is 23.0 Å². The van der Waals surface area contributed by atoms with E-state index in [1.165, 1.54) is 21.0 Å². The maximum Gasteiger partial charge on any atom is 0.333 e. The van der Waals surface area contributed by atoms with Crippen molar-refractivity contribution in [3.05, 3.63) is 50.7 Å². The van der Waals surface area contributed by atoms with Crippen LogP contribution in [-0.2, 0) is 18.9 Å². The molecule has 0 radical (unpaired) electrons. The van der Waals surface area contributed by atoms with E-state index in [1.54, 1.807) is 31.2 Å². The third kappa shape index (κ3) is 3.12. The smallest absolute Gasteiger partial charge is 0.333 e. The molecule has 0 aliphatic carbocycles. The molecule has 0 spiro atoms. The molecule has 0 saturated carbocycles. The number of amides is 1. The summed E-state index contributed by atoms with van der Waals surface area (Å²) in [5.41, 5.74) is -0.216. The summed E-state index contributed by atoms with van der Waals surface area (Å²) < 4.78 is 1.86. The van der Waals surface area contributed by atoms with Gasteiger partial charge < -0.3 is 10.4 Å². The summed E-state index contributed by atoms with van der Waals surface area (Å²) >= 11 is 0. The van der Waals surface area contributed by atoms with E-state index in [2.05, 4.69) is 10.3 Å². The summed E-state index contributed by atoms with van der Waals surface area (Å²) in [7, 11) is 2.69. The first kappa shape index (κ1) is 17.2. The molecule has 0 aliphatic rings. The van der Waals surface area contributed by atoms with Crippen LogP contribution in [0.4, 0.5) is 11.4 Å². The topological polar surface area (TPSA) is 106 Å². The summed E-state index contributed by atoms with van der Waals surface area (Å²) in [6.45, 7) is 2.92. The normalized spacial score (nSPS) is 11.4. The Morgan fingerprint density at radius 3 is 2.38 bits per heavy atom. The average molecular weight is 330 g/mol. The Morgan fingerprint density at radius 2 is 1.75 bits per heavy atom. The van der Waals surface area contributed by atoms with Crippen LogP contribution in [0.1, 0.15) is 19.4 Å². The molecule has 0 aliphatic heterocycles. The van der Waals surface area contributed by atoms with Gasteiger partial charge in [0.15, 0.2) is 0 Å². The maximum absolute atomic E-state index is 12.3. The first-order valence-corrected chi connectivity index (χ1v) is 7.15. The van der Waals surface area contributed by atoms with Gasteiger partial charge in [-0.05, 0) is 19.1 Å². The lowest BCUT2D eigenvalue weighted by molar-refractivity contribution is -0.114. The molecule has 126 valence electrons. The predicted octanol–water partition coefficient (Wildman–Crippen LogP) is 0.889. The van der Waals surface area contributed by atoms with E-state index in [4.69, 9.17) is 0 Å². The minimum atomic E-state index is -0.645. The number of rotatable bonds is 3. The lowest BCUT2D eigenvalue weighted by atomic mass is 10.2. The number of hydrogen-bond donors (Lipinski definition) is 2. The number of aromatic nitrogens is 2. The van der Waals surface area contributed by atoms with Crippen LogP contribution < -0.4 is 16.6 Å². The average Bonchev–Trinajstić information content (AvgIpc) is 2.52. The van der Waals surface area contributed by atoms with Gasteiger partial charge >= 0.3 is 5.69 Å². The predicted molar refractivity (Wildman–Crippen MR) is 91.2 cm³/mol. The van der Waals surface area contributed by atoms with Gasteiger partial charge in [0.1, 0.15) is 5.56 Å². The molecule has 24 heavy (non-hydrogen) atoms. The Bertz CT molecular complexity index is 954. The van der Waals surface area contributed by atoms with Crippen LogP contribution in [0.15, 0.2) is 38.8 Å². The lowest BCUT2D eigenvalue weighted by Gasteiger charge is -2.11. The van der Waals surface area contributed by atoms with Crippen molar-refractivity contribution in [3.63, 3.8) is 0 Å². The van der Waals surface area contributed by atoms with Crippen molar-refractivity contribution in [3.8, 4) is 5.88 Å². The molecule has 0 fully saturated rings. The zero-order valence-electron chi connectivity index (χ0n) is 13.8. The number of aromatic hydroxyl groups is 1. The fraction of sp³-hybridized carbons (Fsp3) is 0.250. The summed E-state index contributed by atoms with van der Waals surface area (Å²) in [6.07, 6.45) is 0. The van der Waals surface area contributed by atoms with E-state index in [1.807, 2.05) is 0 Å². The van der Waals surface area contributed by atoms with Crippen LogP contribution in [0, 0.1) is 0 Å². The van der Waals surface area contributed by atoms with Gasteiger partial charge in [-0.3, -0.25) is 23.7 Å². The molecule has 0 bridgehead atoms. The molecule has 1 aromatic carbocycles. The van der Waals surface area contributed by atoms with E-state index < -0.39 is 17.1 Å². The molecule has 0 atom stereocenters. The second kappa shape index (κ2) is 6.53. The Labute approximate surface area is 137 Å². The van der Waals surface area contributed by atoms with Gasteiger partial charge in [-0.25, -0.2) is 4.79 Å². The van der Waals surface area contributed by atoms with Gasteiger partial charge in [0.05, 0.1) is 17.1 Å². The summed E-state index contributed by atoms with van der Waals surface area (Å²) in [5.74, 6) is -0.711. The Morgan fingerprint density at radius 1 is 1.12 bits per heavy atom. The largest absolute Gasteiger partial charge is 0.494 e. The van der Waals surface area contributed by atoms with E-state index >= 15 is 0 Å². The molecule has 0 unspecified atom stereocenters. The molecule has 8 nitrogen and oxygen atoms in total. The quantitative estimate of drug-likeness (QED) is 0.815. The number of hydrogen-bond acceptors (Lipinski definition) is 5. The van der Waals surface area contributed by atoms with Crippen molar-refractivity contribution in [2.75, 3.05) is 5.32 Å². The lowest BCUT2D eigenvalue weighted by Crippen LogP contribution is -2.39. The van der Waals surface area contributed by atoms with Crippen molar-refractivity contribution in [1.29, 1.82) is 0 Å². The number of aliphatic imine (C=N–C) groups is 1. The number of nitrogens with zero attached hydrogens (tertiary/aromatic N) is 3. The minimum Gasteiger partial charge on any atom is -0.494 e. The summed E-state index contributed by atoms with van der Waals surface area (Å²) in [5, 5.41) is 12.8. The fourth-order valence-electron chi connectivity index (χ4n) is 2.25. The molecule has 1 amide bonds. The van der Waals surface area contributed by atoms with E-state index in [-0.39, 0.29) is 17.2 Å². The second-order valence-corrected chi connectivity index (χ2v) is 5.30. The van der Waals surface area contributed by atoms with Gasteiger partial charge in [-0.1, -0.05) is 12.1 Å². The minimum absolute atomic E-state index is 0.0720. The van der Waals surface area contributed by atoms with Crippen LogP contribution >= 0.6 is 0 Å². The van der Waals surface area contributed by atoms with Gasteiger partial charge in [0.2, 0.25) is 11.8 Å². The van der Waals surface area contributed by atoms with Gasteiger partial charge in [-0.15, -0.1) is 0 Å². The third-order valence-electron chi connectivity index (χ3n) is 3.50. The number of carbonyl (C=O) groups excluding carboxylic acids is 1. The zero-order valence-corrected chi connectivity index (χ0v) is 13.8. The molecule has 0 saturated heterocycles. The highest BCUT2D eigenvalue weighted by Gasteiger charge is 2.17. The molecule has 1 heterocycles. The summed E-state index contributed by atoms with van der Waals surface area (Å²) in [6, 6.07) is 6.81. The van der Waals surface area contributed by atoms with Gasteiger partial charge in [0, 0.05) is 21.0 Å². The SMILES string of the molecule is CC(=O)Nc1ccccc1N=C(C)c1c(O)n(C)c(=O)n(C)c1=O. The number of nitrogens with one attached hydrogen (secondary N) is 1. The number of benzene rings is 1. The van der Waals surface area contributed by atoms with Crippen LogP contribution in [0.3, 0.4) is 0 Å². The number of anilines is 1. The standard InChI is InChI=1S/C16H18N4O4/c1-9(13-14(22)19(3)16(24)20(4)15(13)23)17-11-7-5-6-8-12(11)18-10(2)21/h5-8,22H,1-4H3,(H,18,21). The second-order valence-electron chi connectivity index (χ2n) is 5.30. The molecule has 1 aromatic heterocycles. The first-order valence-electron chi connectivity index (χ1n) is 7.15. The van der Waals surface area contributed by atoms with Crippen LogP contribution in [0.25, 0.3) is 0 Å². The Kier molecular flexibility index (Phi) is 4.68. The highest BCUT2D eigenvalue weighted by atomic mass is 16.3. The third-order valence-corrected chi connectivity index (χ3v) is 3.50. The van der Waals surface area contributed by atoms with Crippen molar-refractivity contribution in [1.82, 2.24) is 9.13 Å². The Hall–Kier alpha value is -3.16. The molecule has 2 aromatic rings. The fourth-order valence-corrected chi connectivity index (χ4v) is 2.25. The molecule has 8 heteroatoms. The molecule has 2 N–H and O–H groups in total. The highest BCUT2D eigenvalue weighted by molar-refractivity contribution is 6.03. The highest BCUT2D eigenvalue weighted by Crippen LogP contribution is 2.25. The van der Waals surface area contributed by atoms with Crippen LogP contribution in [0.5, 0.6) is 5.88 Å². The van der Waals surface area contributed by atoms with Crippen LogP contribution in [-0.4, -0.2) is 25.9 Å². The molecular weight excluding hydrogens is 312 g/mol. The Balaban J connectivity index is 2.65. The first-order chi connectivity index (χ1) is 11.2. The van der Waals surface area contributed by atoms with Crippen molar-refractivity contribution in [2.45, 2.75) is 13.8 Å². The maximum atomic E-state index is 12.3. The van der Waals surface area contributed by atoms with Crippen LogP contribution in [0.2, 0.25) is 0 Å². The number of carbonyl (C=O) groups is 1. The van der Waals surface area contributed by atoms with Gasteiger partial charge in [0.25, 0.3) is 5.56 Å². The van der Waals surface area contributed by atoms with Crippen molar-refractivity contribution < 1.29 is 9.90 Å². The monoisotopic (exact) mass is 330 g/mol. The van der Waals surface area contributed by atoms with E-state index in [9.17, 15) is 19.5 Å². The zero-order chi connectivity index (χ0) is 18.0. The molecule has 2 rings (SSSR count). The van der Waals surface area contributed by atoms with E-state index in [0.717, 1.165) is 9.13 Å². The molecular formula is C16H18N4O4. The van der Waals surface area contributed by atoms with E-state index in [0.29, 0.717) is 11.4 Å². The van der Waals surface area contributed by atoms with Gasteiger partial charge in [-0.2, -0.15) is 0 Å².